The van der Waals surface area contributed by atoms with Crippen LogP contribution in [0.15, 0.2) is 58.4 Å². The molecule has 0 radical (unpaired) electrons. The van der Waals surface area contributed by atoms with Gasteiger partial charge < -0.3 is 5.11 Å². The van der Waals surface area contributed by atoms with Gasteiger partial charge in [0.05, 0.1) is 4.92 Å². The van der Waals surface area contributed by atoms with Crippen LogP contribution >= 0.6 is 11.8 Å². The summed E-state index contributed by atoms with van der Waals surface area (Å²) in [6, 6.07) is 13.6. The monoisotopic (exact) mass is 301 g/mol. The number of benzene rings is 2. The number of hydrogen-bond acceptors (Lipinski definition) is 5. The summed E-state index contributed by atoms with van der Waals surface area (Å²) in [5.74, 6) is 0.518. The van der Waals surface area contributed by atoms with Crippen molar-refractivity contribution in [3.8, 4) is 5.75 Å². The van der Waals surface area contributed by atoms with Crippen LogP contribution in [-0.2, 0) is 0 Å². The Hall–Kier alpha value is -2.34. The first-order chi connectivity index (χ1) is 10.2. The highest BCUT2D eigenvalue weighted by molar-refractivity contribution is 7.99. The number of rotatable bonds is 6. The first kappa shape index (κ1) is 15.1. The largest absolute Gasteiger partial charge is 0.872 e. The fourth-order valence-corrected chi connectivity index (χ4v) is 2.43. The van der Waals surface area contributed by atoms with Gasteiger partial charge in [-0.15, -0.1) is 11.8 Å². The quantitative estimate of drug-likeness (QED) is 0.270. The molecule has 0 fully saturated rings. The van der Waals surface area contributed by atoms with Crippen molar-refractivity contribution in [2.45, 2.75) is 4.90 Å². The average Bonchev–Trinajstić information content (AvgIpc) is 2.49. The summed E-state index contributed by atoms with van der Waals surface area (Å²) < 4.78 is 0. The fourth-order valence-electron chi connectivity index (χ4n) is 1.65. The van der Waals surface area contributed by atoms with E-state index in [0.29, 0.717) is 6.54 Å². The third-order valence-corrected chi connectivity index (χ3v) is 3.66. The second-order valence-electron chi connectivity index (χ2n) is 4.18. The molecule has 0 aliphatic rings. The Morgan fingerprint density at radius 1 is 1.19 bits per heavy atom. The minimum Gasteiger partial charge on any atom is -0.872 e. The van der Waals surface area contributed by atoms with E-state index < -0.39 is 4.92 Å². The summed E-state index contributed by atoms with van der Waals surface area (Å²) in [7, 11) is 0. The molecule has 21 heavy (non-hydrogen) atoms. The highest BCUT2D eigenvalue weighted by Crippen LogP contribution is 2.19. The second kappa shape index (κ2) is 7.44. The molecular weight excluding hydrogens is 288 g/mol. The molecule has 0 spiro atoms. The molecule has 0 saturated carbocycles. The smallest absolute Gasteiger partial charge is 0.270 e. The van der Waals surface area contributed by atoms with E-state index >= 15 is 0 Å². The van der Waals surface area contributed by atoms with E-state index in [9.17, 15) is 15.2 Å². The first-order valence-corrected chi connectivity index (χ1v) is 7.28. The lowest BCUT2D eigenvalue weighted by Crippen LogP contribution is -1.98. The molecule has 5 nitrogen and oxygen atoms in total. The van der Waals surface area contributed by atoms with Gasteiger partial charge in [0, 0.05) is 35.5 Å². The molecule has 2 aromatic rings. The van der Waals surface area contributed by atoms with Gasteiger partial charge in [0.15, 0.2) is 0 Å². The van der Waals surface area contributed by atoms with Gasteiger partial charge in [-0.1, -0.05) is 30.0 Å². The van der Waals surface area contributed by atoms with Crippen molar-refractivity contribution in [2.75, 3.05) is 12.3 Å². The highest BCUT2D eigenvalue weighted by atomic mass is 32.2. The molecule has 2 aromatic carbocycles. The Balaban J connectivity index is 1.89. The molecule has 0 N–H and O–H groups in total. The minimum absolute atomic E-state index is 0.102. The van der Waals surface area contributed by atoms with E-state index in [1.165, 1.54) is 24.4 Å². The van der Waals surface area contributed by atoms with Gasteiger partial charge in [0.1, 0.15) is 0 Å². The van der Waals surface area contributed by atoms with Crippen molar-refractivity contribution in [3.05, 3.63) is 64.2 Å². The Kier molecular flexibility index (Phi) is 5.34. The van der Waals surface area contributed by atoms with Crippen molar-refractivity contribution < 1.29 is 10.0 Å². The van der Waals surface area contributed by atoms with E-state index in [0.717, 1.165) is 10.6 Å². The van der Waals surface area contributed by atoms with Crippen molar-refractivity contribution in [1.82, 2.24) is 0 Å². The molecule has 0 aliphatic carbocycles. The van der Waals surface area contributed by atoms with Crippen LogP contribution in [0.2, 0.25) is 0 Å². The molecule has 0 bridgehead atoms. The summed E-state index contributed by atoms with van der Waals surface area (Å²) in [4.78, 5) is 15.4. The van der Waals surface area contributed by atoms with Gasteiger partial charge in [0.2, 0.25) is 0 Å². The van der Waals surface area contributed by atoms with E-state index in [1.807, 2.05) is 30.3 Å². The SMILES string of the molecule is O=[N+]([O-])c1ccc([O-])c(C=NCCSc2ccccc2)c1. The fraction of sp³-hybridized carbons (Fsp3) is 0.133. The standard InChI is InChI=1S/C15H14N2O3S/c18-15-7-6-13(17(19)20)10-12(15)11-16-8-9-21-14-4-2-1-3-5-14/h1-7,10-11,18H,8-9H2/p-1. The Morgan fingerprint density at radius 2 is 1.95 bits per heavy atom. The van der Waals surface area contributed by atoms with Crippen LogP contribution in [0.4, 0.5) is 5.69 Å². The Labute approximate surface area is 126 Å². The van der Waals surface area contributed by atoms with Crippen molar-refractivity contribution in [2.24, 2.45) is 4.99 Å². The summed E-state index contributed by atoms with van der Waals surface area (Å²) in [5, 5.41) is 22.2. The summed E-state index contributed by atoms with van der Waals surface area (Å²) in [5.41, 5.74) is 0.142. The molecular formula is C15H13N2O3S-. The van der Waals surface area contributed by atoms with E-state index in [1.54, 1.807) is 11.8 Å². The molecule has 0 saturated heterocycles. The number of nitro groups is 1. The van der Waals surface area contributed by atoms with Crippen LogP contribution in [-0.4, -0.2) is 23.4 Å². The number of hydrogen-bond donors (Lipinski definition) is 0. The maximum absolute atomic E-state index is 11.6. The number of nitro benzene ring substituents is 1. The summed E-state index contributed by atoms with van der Waals surface area (Å²) in [6.45, 7) is 0.543. The van der Waals surface area contributed by atoms with Crippen LogP contribution in [0.1, 0.15) is 5.56 Å². The molecule has 0 aromatic heterocycles. The van der Waals surface area contributed by atoms with Crippen molar-refractivity contribution in [1.29, 1.82) is 0 Å². The van der Waals surface area contributed by atoms with Crippen LogP contribution < -0.4 is 5.11 Å². The van der Waals surface area contributed by atoms with Crippen LogP contribution in [0, 0.1) is 10.1 Å². The molecule has 0 atom stereocenters. The van der Waals surface area contributed by atoms with Gasteiger partial charge in [-0.25, -0.2) is 0 Å². The van der Waals surface area contributed by atoms with Gasteiger partial charge in [-0.2, -0.15) is 0 Å². The van der Waals surface area contributed by atoms with Crippen LogP contribution in [0.5, 0.6) is 5.75 Å². The van der Waals surface area contributed by atoms with E-state index in [4.69, 9.17) is 0 Å². The van der Waals surface area contributed by atoms with E-state index in [2.05, 4.69) is 4.99 Å². The maximum Gasteiger partial charge on any atom is 0.270 e. The second-order valence-corrected chi connectivity index (χ2v) is 5.34. The molecule has 0 heterocycles. The number of aliphatic imine (C=N–C) groups is 1. The predicted molar refractivity (Wildman–Crippen MR) is 82.2 cm³/mol. The Morgan fingerprint density at radius 3 is 2.67 bits per heavy atom. The van der Waals surface area contributed by atoms with E-state index in [-0.39, 0.29) is 17.0 Å². The highest BCUT2D eigenvalue weighted by Gasteiger charge is 2.05. The lowest BCUT2D eigenvalue weighted by Gasteiger charge is -2.08. The van der Waals surface area contributed by atoms with Gasteiger partial charge in [0.25, 0.3) is 5.69 Å². The van der Waals surface area contributed by atoms with Gasteiger partial charge >= 0.3 is 0 Å². The third kappa shape index (κ3) is 4.61. The molecule has 0 unspecified atom stereocenters. The molecule has 0 aliphatic heterocycles. The average molecular weight is 301 g/mol. The van der Waals surface area contributed by atoms with Crippen molar-refractivity contribution in [3.63, 3.8) is 0 Å². The minimum atomic E-state index is -0.526. The predicted octanol–water partition coefficient (Wildman–Crippen LogP) is 2.88. The number of nitrogens with zero attached hydrogens (tertiary/aromatic N) is 2. The molecule has 2 rings (SSSR count). The lowest BCUT2D eigenvalue weighted by atomic mass is 10.2. The van der Waals surface area contributed by atoms with Gasteiger partial charge in [-0.3, -0.25) is 15.1 Å². The topological polar surface area (TPSA) is 78.6 Å². The maximum atomic E-state index is 11.6. The van der Waals surface area contributed by atoms with Crippen molar-refractivity contribution >= 4 is 23.7 Å². The summed E-state index contributed by atoms with van der Waals surface area (Å²) in [6.07, 6.45) is 1.40. The molecule has 0 amide bonds. The zero-order valence-electron chi connectivity index (χ0n) is 11.1. The number of thioether (sulfide) groups is 1. The first-order valence-electron chi connectivity index (χ1n) is 6.30. The zero-order chi connectivity index (χ0) is 15.1. The molecule has 6 heteroatoms. The molecule has 108 valence electrons. The zero-order valence-corrected chi connectivity index (χ0v) is 12.0. The van der Waals surface area contributed by atoms with Gasteiger partial charge in [-0.05, 0) is 17.7 Å². The summed E-state index contributed by atoms with van der Waals surface area (Å²) >= 11 is 1.67. The third-order valence-electron chi connectivity index (χ3n) is 2.67. The number of non-ortho nitro benzene ring substituents is 1. The van der Waals surface area contributed by atoms with Crippen LogP contribution in [0.3, 0.4) is 0 Å². The Bertz CT molecular complexity index is 645. The lowest BCUT2D eigenvalue weighted by molar-refractivity contribution is -0.385. The van der Waals surface area contributed by atoms with Crippen LogP contribution in [0.25, 0.3) is 0 Å². The normalized spacial score (nSPS) is 10.9.